The SMILES string of the molecule is Cc1cc(CNC(=O)C2CCCCN2)ccc1F.Cl. The van der Waals surface area contributed by atoms with Gasteiger partial charge in [-0.05, 0) is 43.5 Å². The summed E-state index contributed by atoms with van der Waals surface area (Å²) in [6, 6.07) is 4.84. The summed E-state index contributed by atoms with van der Waals surface area (Å²) in [5.74, 6) is -0.171. The van der Waals surface area contributed by atoms with Gasteiger partial charge in [-0.15, -0.1) is 12.4 Å². The number of piperidine rings is 1. The smallest absolute Gasteiger partial charge is 0.237 e. The number of benzene rings is 1. The molecule has 2 rings (SSSR count). The molecule has 1 aliphatic heterocycles. The maximum absolute atomic E-state index is 13.1. The summed E-state index contributed by atoms with van der Waals surface area (Å²) < 4.78 is 13.1. The molecule has 1 fully saturated rings. The van der Waals surface area contributed by atoms with Crippen LogP contribution in [0.3, 0.4) is 0 Å². The Bertz CT molecular complexity index is 433. The third kappa shape index (κ3) is 4.48. The lowest BCUT2D eigenvalue weighted by Gasteiger charge is -2.22. The van der Waals surface area contributed by atoms with Crippen molar-refractivity contribution in [2.24, 2.45) is 0 Å². The van der Waals surface area contributed by atoms with E-state index < -0.39 is 0 Å². The van der Waals surface area contributed by atoms with Crippen molar-refractivity contribution in [3.63, 3.8) is 0 Å². The molecule has 1 aliphatic rings. The zero-order valence-corrected chi connectivity index (χ0v) is 11.9. The van der Waals surface area contributed by atoms with Gasteiger partial charge in [0.05, 0.1) is 6.04 Å². The number of carbonyl (C=O) groups is 1. The predicted octanol–water partition coefficient (Wildman–Crippen LogP) is 2.31. The van der Waals surface area contributed by atoms with Gasteiger partial charge >= 0.3 is 0 Å². The van der Waals surface area contributed by atoms with Gasteiger partial charge in [-0.3, -0.25) is 4.79 Å². The second kappa shape index (κ2) is 7.46. The van der Waals surface area contributed by atoms with E-state index in [4.69, 9.17) is 0 Å². The Balaban J connectivity index is 0.00000180. The first-order chi connectivity index (χ1) is 8.66. The molecule has 106 valence electrons. The van der Waals surface area contributed by atoms with Crippen molar-refractivity contribution in [3.05, 3.63) is 35.1 Å². The molecule has 1 amide bonds. The molecule has 1 atom stereocenters. The van der Waals surface area contributed by atoms with E-state index in [2.05, 4.69) is 10.6 Å². The summed E-state index contributed by atoms with van der Waals surface area (Å²) in [4.78, 5) is 11.9. The van der Waals surface area contributed by atoms with Gasteiger partial charge in [0.1, 0.15) is 5.82 Å². The number of carbonyl (C=O) groups excluding carboxylic acids is 1. The third-order valence-electron chi connectivity index (χ3n) is 3.32. The van der Waals surface area contributed by atoms with Crippen LogP contribution in [0.4, 0.5) is 4.39 Å². The highest BCUT2D eigenvalue weighted by Crippen LogP contribution is 2.10. The van der Waals surface area contributed by atoms with Gasteiger partial charge in [-0.25, -0.2) is 4.39 Å². The fraction of sp³-hybridized carbons (Fsp3) is 0.500. The number of nitrogens with one attached hydrogen (secondary N) is 2. The molecule has 19 heavy (non-hydrogen) atoms. The van der Waals surface area contributed by atoms with E-state index in [1.165, 1.54) is 6.07 Å². The second-order valence-electron chi connectivity index (χ2n) is 4.80. The van der Waals surface area contributed by atoms with Crippen molar-refractivity contribution in [2.75, 3.05) is 6.54 Å². The molecule has 0 bridgehead atoms. The molecule has 1 aromatic rings. The van der Waals surface area contributed by atoms with Crippen LogP contribution in [0.2, 0.25) is 0 Å². The predicted molar refractivity (Wildman–Crippen MR) is 75.9 cm³/mol. The monoisotopic (exact) mass is 286 g/mol. The molecule has 1 aromatic carbocycles. The van der Waals surface area contributed by atoms with Crippen LogP contribution in [0.15, 0.2) is 18.2 Å². The molecule has 5 heteroatoms. The number of hydrogen-bond acceptors (Lipinski definition) is 2. The first-order valence-corrected chi connectivity index (χ1v) is 6.43. The van der Waals surface area contributed by atoms with Gasteiger partial charge < -0.3 is 10.6 Å². The normalized spacial score (nSPS) is 18.5. The molecule has 0 radical (unpaired) electrons. The summed E-state index contributed by atoms with van der Waals surface area (Å²) in [6.45, 7) is 3.09. The van der Waals surface area contributed by atoms with Crippen molar-refractivity contribution in [2.45, 2.75) is 38.8 Å². The van der Waals surface area contributed by atoms with Crippen LogP contribution in [0.5, 0.6) is 0 Å². The lowest BCUT2D eigenvalue weighted by Crippen LogP contribution is -2.46. The molecule has 0 aliphatic carbocycles. The Morgan fingerprint density at radius 3 is 2.89 bits per heavy atom. The molecule has 3 nitrogen and oxygen atoms in total. The van der Waals surface area contributed by atoms with Crippen molar-refractivity contribution in [1.82, 2.24) is 10.6 Å². The Labute approximate surface area is 119 Å². The Hall–Kier alpha value is -1.13. The Morgan fingerprint density at radius 1 is 1.47 bits per heavy atom. The van der Waals surface area contributed by atoms with Crippen LogP contribution >= 0.6 is 12.4 Å². The zero-order valence-electron chi connectivity index (χ0n) is 11.0. The standard InChI is InChI=1S/C14H19FN2O.ClH/c1-10-8-11(5-6-12(10)15)9-17-14(18)13-4-2-3-7-16-13;/h5-6,8,13,16H,2-4,7,9H2,1H3,(H,17,18);1H. The lowest BCUT2D eigenvalue weighted by molar-refractivity contribution is -0.123. The summed E-state index contributed by atoms with van der Waals surface area (Å²) in [6.07, 6.45) is 3.13. The quantitative estimate of drug-likeness (QED) is 0.895. The number of amides is 1. The summed E-state index contributed by atoms with van der Waals surface area (Å²) in [5.41, 5.74) is 1.54. The minimum absolute atomic E-state index is 0. The number of rotatable bonds is 3. The fourth-order valence-electron chi connectivity index (χ4n) is 2.20. The van der Waals surface area contributed by atoms with E-state index in [0.717, 1.165) is 31.4 Å². The van der Waals surface area contributed by atoms with Crippen LogP contribution in [-0.2, 0) is 11.3 Å². The van der Waals surface area contributed by atoms with E-state index in [9.17, 15) is 9.18 Å². The molecule has 1 unspecified atom stereocenters. The van der Waals surface area contributed by atoms with Crippen LogP contribution < -0.4 is 10.6 Å². The molecule has 0 saturated carbocycles. The minimum Gasteiger partial charge on any atom is -0.351 e. The Kier molecular flexibility index (Phi) is 6.25. The number of aryl methyl sites for hydroxylation is 1. The van der Waals surface area contributed by atoms with E-state index in [-0.39, 0.29) is 30.2 Å². The molecule has 1 heterocycles. The van der Waals surface area contributed by atoms with Crippen LogP contribution in [-0.4, -0.2) is 18.5 Å². The highest BCUT2D eigenvalue weighted by Gasteiger charge is 2.19. The van der Waals surface area contributed by atoms with Gasteiger partial charge in [0.15, 0.2) is 0 Å². The fourth-order valence-corrected chi connectivity index (χ4v) is 2.20. The first kappa shape index (κ1) is 15.9. The number of hydrogen-bond donors (Lipinski definition) is 2. The van der Waals surface area contributed by atoms with Gasteiger partial charge in [-0.1, -0.05) is 18.6 Å². The Morgan fingerprint density at radius 2 is 2.26 bits per heavy atom. The molecular formula is C14H20ClFN2O. The molecule has 1 saturated heterocycles. The average Bonchev–Trinajstić information content (AvgIpc) is 2.41. The summed E-state index contributed by atoms with van der Waals surface area (Å²) in [7, 11) is 0. The molecule has 2 N–H and O–H groups in total. The average molecular weight is 287 g/mol. The second-order valence-corrected chi connectivity index (χ2v) is 4.80. The summed E-state index contributed by atoms with van der Waals surface area (Å²) in [5, 5.41) is 6.10. The lowest BCUT2D eigenvalue weighted by atomic mass is 10.0. The largest absolute Gasteiger partial charge is 0.351 e. The summed E-state index contributed by atoms with van der Waals surface area (Å²) >= 11 is 0. The first-order valence-electron chi connectivity index (χ1n) is 6.43. The van der Waals surface area contributed by atoms with E-state index >= 15 is 0 Å². The topological polar surface area (TPSA) is 41.1 Å². The van der Waals surface area contributed by atoms with Crippen LogP contribution in [0.25, 0.3) is 0 Å². The number of halogens is 2. The van der Waals surface area contributed by atoms with Crippen molar-refractivity contribution < 1.29 is 9.18 Å². The molecular weight excluding hydrogens is 267 g/mol. The van der Waals surface area contributed by atoms with E-state index in [1.54, 1.807) is 19.1 Å². The third-order valence-corrected chi connectivity index (χ3v) is 3.32. The van der Waals surface area contributed by atoms with Crippen LogP contribution in [0, 0.1) is 12.7 Å². The maximum Gasteiger partial charge on any atom is 0.237 e. The zero-order chi connectivity index (χ0) is 13.0. The molecule has 0 spiro atoms. The van der Waals surface area contributed by atoms with E-state index in [1.807, 2.05) is 0 Å². The van der Waals surface area contributed by atoms with E-state index in [0.29, 0.717) is 12.1 Å². The van der Waals surface area contributed by atoms with Crippen molar-refractivity contribution in [3.8, 4) is 0 Å². The highest BCUT2D eigenvalue weighted by molar-refractivity contribution is 5.85. The van der Waals surface area contributed by atoms with Crippen molar-refractivity contribution in [1.29, 1.82) is 0 Å². The molecule has 0 aromatic heterocycles. The van der Waals surface area contributed by atoms with Gasteiger partial charge in [0.25, 0.3) is 0 Å². The maximum atomic E-state index is 13.1. The highest BCUT2D eigenvalue weighted by atomic mass is 35.5. The van der Waals surface area contributed by atoms with Crippen LogP contribution in [0.1, 0.15) is 30.4 Å². The van der Waals surface area contributed by atoms with Gasteiger partial charge in [-0.2, -0.15) is 0 Å². The minimum atomic E-state index is -0.209. The van der Waals surface area contributed by atoms with Gasteiger partial charge in [0, 0.05) is 6.54 Å². The van der Waals surface area contributed by atoms with Gasteiger partial charge in [0.2, 0.25) is 5.91 Å². The van der Waals surface area contributed by atoms with Crippen molar-refractivity contribution >= 4 is 18.3 Å².